The lowest BCUT2D eigenvalue weighted by atomic mass is 9.89. The van der Waals surface area contributed by atoms with E-state index in [1.807, 2.05) is 0 Å². The van der Waals surface area contributed by atoms with Crippen molar-refractivity contribution in [1.82, 2.24) is 0 Å². The smallest absolute Gasteiger partial charge is 0.0387 e. The molecule has 0 spiro atoms. The first-order valence-corrected chi connectivity index (χ1v) is 8.14. The molecule has 0 amide bonds. The van der Waals surface area contributed by atoms with Crippen LogP contribution >= 0.6 is 12.6 Å². The second-order valence-corrected chi connectivity index (χ2v) is 7.88. The predicted octanol–water partition coefficient (Wildman–Crippen LogP) is 5.48. The summed E-state index contributed by atoms with van der Waals surface area (Å²) in [4.78, 5) is 0. The third-order valence-corrected chi connectivity index (χ3v) is 4.44. The van der Waals surface area contributed by atoms with Crippen molar-refractivity contribution in [3.8, 4) is 0 Å². The first kappa shape index (κ1) is 16.2. The Hall–Kier alpha value is -1.15. The minimum absolute atomic E-state index is 0.137. The lowest BCUT2D eigenvalue weighted by Crippen LogP contribution is -2.19. The first-order chi connectivity index (χ1) is 9.77. The number of allylic oxidation sites excluding steroid dienone is 3. The van der Waals surface area contributed by atoms with E-state index in [2.05, 4.69) is 70.3 Å². The zero-order chi connectivity index (χ0) is 15.6. The van der Waals surface area contributed by atoms with Crippen LogP contribution in [0.5, 0.6) is 0 Å². The standard InChI is InChI=1S/C19H27NS/c1-13-6-8-16(15(3)10-13)12-20-18-9-7-14(2)11-17(18)19(4,5)21/h6-7,9-11,16,20-21H,8,12H2,1-5H3. The summed E-state index contributed by atoms with van der Waals surface area (Å²) in [5, 5.41) is 3.64. The molecule has 21 heavy (non-hydrogen) atoms. The van der Waals surface area contributed by atoms with Gasteiger partial charge in [0.25, 0.3) is 0 Å². The maximum absolute atomic E-state index is 4.75. The minimum Gasteiger partial charge on any atom is -0.384 e. The molecule has 0 aliphatic heterocycles. The fourth-order valence-electron chi connectivity index (χ4n) is 2.85. The zero-order valence-corrected chi connectivity index (χ0v) is 14.7. The van der Waals surface area contributed by atoms with Gasteiger partial charge in [-0.3, -0.25) is 0 Å². The van der Waals surface area contributed by atoms with Crippen molar-refractivity contribution in [2.75, 3.05) is 11.9 Å². The average Bonchev–Trinajstić information content (AvgIpc) is 2.38. The summed E-state index contributed by atoms with van der Waals surface area (Å²) in [6, 6.07) is 6.59. The molecule has 114 valence electrons. The molecule has 0 bridgehead atoms. The van der Waals surface area contributed by atoms with Crippen LogP contribution in [-0.2, 0) is 4.75 Å². The molecule has 1 aliphatic carbocycles. The summed E-state index contributed by atoms with van der Waals surface area (Å²) in [6.07, 6.45) is 5.76. The van der Waals surface area contributed by atoms with Gasteiger partial charge >= 0.3 is 0 Å². The van der Waals surface area contributed by atoms with Crippen molar-refractivity contribution in [1.29, 1.82) is 0 Å². The van der Waals surface area contributed by atoms with Gasteiger partial charge in [0.1, 0.15) is 0 Å². The summed E-state index contributed by atoms with van der Waals surface area (Å²) < 4.78 is -0.137. The van der Waals surface area contributed by atoms with E-state index in [4.69, 9.17) is 12.6 Å². The Kier molecular flexibility index (Phi) is 4.88. The van der Waals surface area contributed by atoms with E-state index in [9.17, 15) is 0 Å². The van der Waals surface area contributed by atoms with E-state index in [-0.39, 0.29) is 4.75 Å². The van der Waals surface area contributed by atoms with Crippen molar-refractivity contribution >= 4 is 18.3 Å². The Balaban J connectivity index is 2.13. The highest BCUT2D eigenvalue weighted by molar-refractivity contribution is 7.81. The molecule has 1 N–H and O–H groups in total. The molecular formula is C19H27NS. The lowest BCUT2D eigenvalue weighted by Gasteiger charge is -2.26. The summed E-state index contributed by atoms with van der Waals surface area (Å²) in [5.74, 6) is 0.589. The summed E-state index contributed by atoms with van der Waals surface area (Å²) >= 11 is 4.75. The van der Waals surface area contributed by atoms with Crippen LogP contribution in [-0.4, -0.2) is 6.54 Å². The van der Waals surface area contributed by atoms with Gasteiger partial charge in [-0.2, -0.15) is 12.6 Å². The maximum Gasteiger partial charge on any atom is 0.0387 e. The Morgan fingerprint density at radius 1 is 1.24 bits per heavy atom. The quantitative estimate of drug-likeness (QED) is 0.701. The molecule has 0 saturated carbocycles. The van der Waals surface area contributed by atoms with Crippen LogP contribution < -0.4 is 5.32 Å². The molecule has 2 rings (SSSR count). The van der Waals surface area contributed by atoms with Crippen LogP contribution in [0, 0.1) is 12.8 Å². The molecular weight excluding hydrogens is 274 g/mol. The molecule has 1 nitrogen and oxygen atoms in total. The van der Waals surface area contributed by atoms with Crippen LogP contribution in [0.25, 0.3) is 0 Å². The number of anilines is 1. The van der Waals surface area contributed by atoms with E-state index < -0.39 is 0 Å². The summed E-state index contributed by atoms with van der Waals surface area (Å²) in [6.45, 7) is 11.8. The highest BCUT2D eigenvalue weighted by Gasteiger charge is 2.20. The van der Waals surface area contributed by atoms with E-state index in [1.54, 1.807) is 0 Å². The van der Waals surface area contributed by atoms with Crippen LogP contribution in [0.2, 0.25) is 0 Å². The number of aryl methyl sites for hydroxylation is 1. The van der Waals surface area contributed by atoms with Crippen LogP contribution in [0.1, 0.15) is 45.2 Å². The molecule has 0 saturated heterocycles. The summed E-state index contributed by atoms with van der Waals surface area (Å²) in [5.41, 5.74) is 6.62. The van der Waals surface area contributed by atoms with E-state index in [0.717, 1.165) is 13.0 Å². The van der Waals surface area contributed by atoms with Gasteiger partial charge in [0.15, 0.2) is 0 Å². The summed E-state index contributed by atoms with van der Waals surface area (Å²) in [7, 11) is 0. The van der Waals surface area contributed by atoms with Crippen molar-refractivity contribution in [3.05, 3.63) is 52.6 Å². The number of rotatable bonds is 4. The molecule has 0 heterocycles. The van der Waals surface area contributed by atoms with Gasteiger partial charge in [-0.1, -0.05) is 41.0 Å². The molecule has 0 fully saturated rings. The SMILES string of the molecule is CC1=CCC(CNc2ccc(C)cc2C(C)(C)S)C(C)=C1. The molecule has 1 unspecified atom stereocenters. The first-order valence-electron chi connectivity index (χ1n) is 7.69. The van der Waals surface area contributed by atoms with Crippen LogP contribution in [0.15, 0.2) is 41.5 Å². The van der Waals surface area contributed by atoms with Crippen molar-refractivity contribution in [2.24, 2.45) is 5.92 Å². The van der Waals surface area contributed by atoms with Gasteiger partial charge in [0.05, 0.1) is 0 Å². The van der Waals surface area contributed by atoms with Gasteiger partial charge in [0, 0.05) is 22.9 Å². The molecule has 1 aliphatic rings. The van der Waals surface area contributed by atoms with E-state index >= 15 is 0 Å². The van der Waals surface area contributed by atoms with Crippen molar-refractivity contribution in [2.45, 2.75) is 45.8 Å². The Labute approximate surface area is 134 Å². The fraction of sp³-hybridized carbons (Fsp3) is 0.474. The van der Waals surface area contributed by atoms with Gasteiger partial charge in [0.2, 0.25) is 0 Å². The van der Waals surface area contributed by atoms with Crippen molar-refractivity contribution in [3.63, 3.8) is 0 Å². The van der Waals surface area contributed by atoms with Gasteiger partial charge in [-0.15, -0.1) is 0 Å². The monoisotopic (exact) mass is 301 g/mol. The van der Waals surface area contributed by atoms with Crippen LogP contribution in [0.3, 0.4) is 0 Å². The number of thiol groups is 1. The molecule has 0 radical (unpaired) electrons. The lowest BCUT2D eigenvalue weighted by molar-refractivity contribution is 0.643. The Morgan fingerprint density at radius 3 is 2.57 bits per heavy atom. The second-order valence-electron chi connectivity index (χ2n) is 6.76. The minimum atomic E-state index is -0.137. The maximum atomic E-state index is 4.75. The third kappa shape index (κ3) is 4.16. The number of nitrogens with one attached hydrogen (secondary N) is 1. The van der Waals surface area contributed by atoms with Crippen molar-refractivity contribution < 1.29 is 0 Å². The topological polar surface area (TPSA) is 12.0 Å². The van der Waals surface area contributed by atoms with Gasteiger partial charge < -0.3 is 5.32 Å². The normalized spacial score (nSPS) is 19.0. The average molecular weight is 301 g/mol. The van der Waals surface area contributed by atoms with E-state index in [1.165, 1.54) is 28.0 Å². The molecule has 1 aromatic rings. The number of hydrogen-bond donors (Lipinski definition) is 2. The third-order valence-electron chi connectivity index (χ3n) is 4.20. The predicted molar refractivity (Wildman–Crippen MR) is 97.3 cm³/mol. The van der Waals surface area contributed by atoms with Gasteiger partial charge in [-0.25, -0.2) is 0 Å². The second kappa shape index (κ2) is 6.31. The Bertz CT molecular complexity index is 576. The molecule has 1 aromatic carbocycles. The number of benzene rings is 1. The highest BCUT2D eigenvalue weighted by atomic mass is 32.1. The molecule has 0 aromatic heterocycles. The van der Waals surface area contributed by atoms with Gasteiger partial charge in [-0.05, 0) is 52.7 Å². The fourth-order valence-corrected chi connectivity index (χ4v) is 3.03. The highest BCUT2D eigenvalue weighted by Crippen LogP contribution is 2.34. The molecule has 1 atom stereocenters. The largest absolute Gasteiger partial charge is 0.384 e. The molecule has 2 heteroatoms. The van der Waals surface area contributed by atoms with E-state index in [0.29, 0.717) is 5.92 Å². The number of hydrogen-bond acceptors (Lipinski definition) is 2. The zero-order valence-electron chi connectivity index (χ0n) is 13.8. The Morgan fingerprint density at radius 2 is 1.95 bits per heavy atom. The van der Waals surface area contributed by atoms with Crippen LogP contribution in [0.4, 0.5) is 5.69 Å².